The predicted octanol–water partition coefficient (Wildman–Crippen LogP) is 0.835. The highest BCUT2D eigenvalue weighted by Crippen LogP contribution is 2.28. The second kappa shape index (κ2) is 8.22. The van der Waals surface area contributed by atoms with Crippen molar-refractivity contribution in [3.05, 3.63) is 0 Å². The number of carbonyl (C=O) groups excluding carboxylic acids is 1. The van der Waals surface area contributed by atoms with Crippen LogP contribution >= 0.6 is 0 Å². The Balaban J connectivity index is 2.21. The van der Waals surface area contributed by atoms with Crippen molar-refractivity contribution in [2.24, 2.45) is 10.9 Å². The van der Waals surface area contributed by atoms with Crippen molar-refractivity contribution in [2.45, 2.75) is 39.2 Å². The van der Waals surface area contributed by atoms with E-state index >= 15 is 0 Å². The smallest absolute Gasteiger partial charge is 0.240 e. The lowest BCUT2D eigenvalue weighted by atomic mass is 10.1. The number of aliphatic imine (C=N–C) groups is 1. The van der Waals surface area contributed by atoms with Crippen LogP contribution in [-0.4, -0.2) is 62.7 Å². The second-order valence-corrected chi connectivity index (χ2v) is 6.65. The second-order valence-electron chi connectivity index (χ2n) is 6.65. The molecule has 0 aromatic rings. The zero-order valence-corrected chi connectivity index (χ0v) is 14.0. The number of ether oxygens (including phenoxy) is 1. The molecule has 1 aliphatic rings. The minimum absolute atomic E-state index is 0.0158. The van der Waals surface area contributed by atoms with Crippen molar-refractivity contribution in [3.8, 4) is 0 Å². The molecule has 1 aliphatic carbocycles. The highest BCUT2D eigenvalue weighted by atomic mass is 16.5. The average Bonchev–Trinajstić information content (AvgIpc) is 3.14. The van der Waals surface area contributed by atoms with Gasteiger partial charge in [-0.3, -0.25) is 9.79 Å². The van der Waals surface area contributed by atoms with Crippen LogP contribution in [0.1, 0.15) is 33.6 Å². The first-order valence-electron chi connectivity index (χ1n) is 7.62. The summed E-state index contributed by atoms with van der Waals surface area (Å²) in [7, 11) is 3.56. The number of hydrogen-bond acceptors (Lipinski definition) is 3. The number of nitrogens with one attached hydrogen (secondary N) is 2. The number of likely N-dealkylation sites (N-methyl/N-ethyl adjacent to an activating group) is 1. The van der Waals surface area contributed by atoms with Crippen LogP contribution in [0.4, 0.5) is 0 Å². The normalized spacial score (nSPS) is 15.8. The number of guanidine groups is 1. The number of carbonyl (C=O) groups is 1. The lowest BCUT2D eigenvalue weighted by Crippen LogP contribution is -2.49. The minimum atomic E-state index is -0.217. The van der Waals surface area contributed by atoms with E-state index in [0.717, 1.165) is 12.5 Å². The van der Waals surface area contributed by atoms with Crippen molar-refractivity contribution >= 4 is 11.9 Å². The molecule has 1 fully saturated rings. The van der Waals surface area contributed by atoms with Gasteiger partial charge in [0.15, 0.2) is 5.96 Å². The van der Waals surface area contributed by atoms with Gasteiger partial charge in [-0.1, -0.05) is 0 Å². The first kappa shape index (κ1) is 17.8. The Labute approximate surface area is 128 Å². The highest BCUT2D eigenvalue weighted by Gasteiger charge is 2.21. The third-order valence-corrected chi connectivity index (χ3v) is 3.05. The SMILES string of the molecule is CN=C(NCCOCC1CC1)N(C)CC(=O)NC(C)(C)C. The maximum absolute atomic E-state index is 11.9. The van der Waals surface area contributed by atoms with E-state index in [4.69, 9.17) is 4.74 Å². The van der Waals surface area contributed by atoms with Crippen LogP contribution in [0.2, 0.25) is 0 Å². The summed E-state index contributed by atoms with van der Waals surface area (Å²) in [5.41, 5.74) is -0.217. The molecule has 2 N–H and O–H groups in total. The van der Waals surface area contributed by atoms with E-state index in [1.807, 2.05) is 32.7 Å². The fourth-order valence-corrected chi connectivity index (χ4v) is 1.90. The molecule has 0 bridgehead atoms. The molecule has 0 atom stereocenters. The Morgan fingerprint density at radius 3 is 2.57 bits per heavy atom. The Morgan fingerprint density at radius 2 is 2.05 bits per heavy atom. The first-order chi connectivity index (χ1) is 9.81. The highest BCUT2D eigenvalue weighted by molar-refractivity contribution is 5.86. The number of amides is 1. The molecule has 0 aliphatic heterocycles. The Morgan fingerprint density at radius 1 is 1.38 bits per heavy atom. The van der Waals surface area contributed by atoms with E-state index in [0.29, 0.717) is 19.1 Å². The molecule has 1 rings (SSSR count). The molecule has 6 nitrogen and oxygen atoms in total. The Kier molecular flexibility index (Phi) is 6.95. The van der Waals surface area contributed by atoms with Gasteiger partial charge in [0.1, 0.15) is 0 Å². The third-order valence-electron chi connectivity index (χ3n) is 3.05. The molecule has 0 saturated heterocycles. The number of hydrogen-bond donors (Lipinski definition) is 2. The molecule has 1 amide bonds. The van der Waals surface area contributed by atoms with Gasteiger partial charge in [0.25, 0.3) is 0 Å². The summed E-state index contributed by atoms with van der Waals surface area (Å²) in [6, 6.07) is 0. The molecule has 0 unspecified atom stereocenters. The summed E-state index contributed by atoms with van der Waals surface area (Å²) in [6.45, 7) is 8.41. The lowest BCUT2D eigenvalue weighted by Gasteiger charge is -2.25. The monoisotopic (exact) mass is 298 g/mol. The molecule has 21 heavy (non-hydrogen) atoms. The van der Waals surface area contributed by atoms with Crippen molar-refractivity contribution in [3.63, 3.8) is 0 Å². The standard InChI is InChI=1S/C15H30N4O2/c1-15(2,3)18-13(20)10-19(5)14(16-4)17-8-9-21-11-12-6-7-12/h12H,6-11H2,1-5H3,(H,16,17)(H,18,20). The molecular weight excluding hydrogens is 268 g/mol. The van der Waals surface area contributed by atoms with Crippen molar-refractivity contribution in [1.29, 1.82) is 0 Å². The van der Waals surface area contributed by atoms with Crippen LogP contribution in [0, 0.1) is 5.92 Å². The zero-order valence-electron chi connectivity index (χ0n) is 14.0. The van der Waals surface area contributed by atoms with Gasteiger partial charge in [0.05, 0.1) is 13.2 Å². The maximum Gasteiger partial charge on any atom is 0.240 e. The summed E-state index contributed by atoms with van der Waals surface area (Å²) >= 11 is 0. The van der Waals surface area contributed by atoms with Gasteiger partial charge in [-0.05, 0) is 39.5 Å². The molecule has 0 radical (unpaired) electrons. The molecule has 1 saturated carbocycles. The van der Waals surface area contributed by atoms with Crippen LogP contribution < -0.4 is 10.6 Å². The van der Waals surface area contributed by atoms with Crippen LogP contribution in [-0.2, 0) is 9.53 Å². The number of nitrogens with zero attached hydrogens (tertiary/aromatic N) is 2. The van der Waals surface area contributed by atoms with Gasteiger partial charge in [-0.15, -0.1) is 0 Å². The molecular formula is C15H30N4O2. The predicted molar refractivity (Wildman–Crippen MR) is 85.4 cm³/mol. The van der Waals surface area contributed by atoms with Crippen molar-refractivity contribution < 1.29 is 9.53 Å². The summed E-state index contributed by atoms with van der Waals surface area (Å²) in [5.74, 6) is 1.47. The molecule has 0 spiro atoms. The van der Waals surface area contributed by atoms with E-state index in [-0.39, 0.29) is 18.0 Å². The molecule has 6 heteroatoms. The molecule has 0 aromatic heterocycles. The van der Waals surface area contributed by atoms with Gasteiger partial charge >= 0.3 is 0 Å². The summed E-state index contributed by atoms with van der Waals surface area (Å²) in [4.78, 5) is 17.9. The van der Waals surface area contributed by atoms with Crippen LogP contribution in [0.15, 0.2) is 4.99 Å². The molecule has 122 valence electrons. The van der Waals surface area contributed by atoms with E-state index < -0.39 is 0 Å². The number of rotatable bonds is 7. The van der Waals surface area contributed by atoms with Gasteiger partial charge in [0.2, 0.25) is 5.91 Å². The van der Waals surface area contributed by atoms with Gasteiger partial charge in [-0.25, -0.2) is 0 Å². The molecule has 0 aromatic carbocycles. The minimum Gasteiger partial charge on any atom is -0.379 e. The maximum atomic E-state index is 11.9. The summed E-state index contributed by atoms with van der Waals surface area (Å²) < 4.78 is 5.56. The largest absolute Gasteiger partial charge is 0.379 e. The van der Waals surface area contributed by atoms with Gasteiger partial charge in [-0.2, -0.15) is 0 Å². The average molecular weight is 298 g/mol. The first-order valence-corrected chi connectivity index (χ1v) is 7.62. The van der Waals surface area contributed by atoms with Gasteiger partial charge in [0, 0.05) is 32.8 Å². The fraction of sp³-hybridized carbons (Fsp3) is 0.867. The van der Waals surface area contributed by atoms with Crippen LogP contribution in [0.3, 0.4) is 0 Å². The van der Waals surface area contributed by atoms with Gasteiger partial charge < -0.3 is 20.3 Å². The third kappa shape index (κ3) is 8.55. The van der Waals surface area contributed by atoms with Crippen LogP contribution in [0.25, 0.3) is 0 Å². The van der Waals surface area contributed by atoms with E-state index in [1.54, 1.807) is 7.05 Å². The summed E-state index contributed by atoms with van der Waals surface area (Å²) in [6.07, 6.45) is 2.61. The summed E-state index contributed by atoms with van der Waals surface area (Å²) in [5, 5.41) is 6.14. The lowest BCUT2D eigenvalue weighted by molar-refractivity contribution is -0.122. The topological polar surface area (TPSA) is 66.0 Å². The van der Waals surface area contributed by atoms with E-state index in [1.165, 1.54) is 12.8 Å². The Hall–Kier alpha value is -1.30. The van der Waals surface area contributed by atoms with E-state index in [9.17, 15) is 4.79 Å². The van der Waals surface area contributed by atoms with Crippen LogP contribution in [0.5, 0.6) is 0 Å². The fourth-order valence-electron chi connectivity index (χ4n) is 1.90. The molecule has 0 heterocycles. The Bertz CT molecular complexity index is 359. The zero-order chi connectivity index (χ0) is 15.9. The van der Waals surface area contributed by atoms with E-state index in [2.05, 4.69) is 15.6 Å². The van der Waals surface area contributed by atoms with Crippen molar-refractivity contribution in [1.82, 2.24) is 15.5 Å². The quantitative estimate of drug-likeness (QED) is 0.415. The van der Waals surface area contributed by atoms with Crippen molar-refractivity contribution in [2.75, 3.05) is 40.4 Å².